The zero-order valence-electron chi connectivity index (χ0n) is 16.3. The Morgan fingerprint density at radius 3 is 2.52 bits per heavy atom. The van der Waals surface area contributed by atoms with Gasteiger partial charge in [0.25, 0.3) is 5.91 Å². The van der Waals surface area contributed by atoms with Gasteiger partial charge in [-0.25, -0.2) is 0 Å². The second-order valence-corrected chi connectivity index (χ2v) is 6.54. The summed E-state index contributed by atoms with van der Waals surface area (Å²) >= 11 is 0. The predicted molar refractivity (Wildman–Crippen MR) is 111 cm³/mol. The zero-order valence-corrected chi connectivity index (χ0v) is 16.3. The average molecular weight is 387 g/mol. The fourth-order valence-corrected chi connectivity index (χ4v) is 3.14. The molecule has 0 spiro atoms. The Kier molecular flexibility index (Phi) is 5.24. The molecule has 4 aromatic rings. The molecule has 4 rings (SSSR count). The summed E-state index contributed by atoms with van der Waals surface area (Å²) in [5.41, 5.74) is 1.31. The van der Waals surface area contributed by atoms with E-state index < -0.39 is 0 Å². The molecule has 6 nitrogen and oxygen atoms in total. The third kappa shape index (κ3) is 3.69. The third-order valence-electron chi connectivity index (χ3n) is 4.58. The normalized spacial score (nSPS) is 10.8. The van der Waals surface area contributed by atoms with Crippen molar-refractivity contribution in [2.24, 2.45) is 0 Å². The number of carbonyl (C=O) groups is 1. The molecule has 0 bridgehead atoms. The van der Waals surface area contributed by atoms with Gasteiger partial charge in [0.15, 0.2) is 5.82 Å². The van der Waals surface area contributed by atoms with Crippen molar-refractivity contribution in [3.63, 3.8) is 0 Å². The van der Waals surface area contributed by atoms with Gasteiger partial charge < -0.3 is 9.47 Å². The summed E-state index contributed by atoms with van der Waals surface area (Å²) in [4.78, 5) is 17.9. The van der Waals surface area contributed by atoms with E-state index in [1.807, 2.05) is 67.6 Å². The predicted octanol–water partition coefficient (Wildman–Crippen LogP) is 4.58. The van der Waals surface area contributed by atoms with Crippen LogP contribution in [0, 0.1) is 0 Å². The molecule has 0 aliphatic carbocycles. The van der Waals surface area contributed by atoms with Crippen LogP contribution in [0.2, 0.25) is 0 Å². The van der Waals surface area contributed by atoms with E-state index >= 15 is 0 Å². The lowest BCUT2D eigenvalue weighted by Gasteiger charge is -2.08. The minimum atomic E-state index is -0.258. The van der Waals surface area contributed by atoms with Crippen LogP contribution in [0.25, 0.3) is 22.2 Å². The summed E-state index contributed by atoms with van der Waals surface area (Å²) in [5.74, 6) is 0.894. The molecule has 6 heteroatoms. The Morgan fingerprint density at radius 1 is 1.00 bits per heavy atom. The summed E-state index contributed by atoms with van der Waals surface area (Å²) in [6, 6.07) is 21.0. The molecular formula is C23H21N3O3. The topological polar surface area (TPSA) is 66.2 Å². The Labute approximate surface area is 168 Å². The van der Waals surface area contributed by atoms with E-state index in [1.54, 1.807) is 13.2 Å². The van der Waals surface area contributed by atoms with Gasteiger partial charge in [-0.05, 0) is 47.5 Å². The average Bonchev–Trinajstić information content (AvgIpc) is 3.21. The highest BCUT2D eigenvalue weighted by molar-refractivity contribution is 6.08. The highest BCUT2D eigenvalue weighted by Gasteiger charge is 2.21. The number of methoxy groups -OCH3 is 1. The van der Waals surface area contributed by atoms with Crippen LogP contribution in [-0.2, 0) is 0 Å². The Hall–Kier alpha value is -3.67. The van der Waals surface area contributed by atoms with Gasteiger partial charge in [-0.15, -0.1) is 5.10 Å². The van der Waals surface area contributed by atoms with Gasteiger partial charge in [0, 0.05) is 11.1 Å². The van der Waals surface area contributed by atoms with Crippen molar-refractivity contribution in [2.75, 3.05) is 13.7 Å². The van der Waals surface area contributed by atoms with Crippen molar-refractivity contribution < 1.29 is 14.3 Å². The van der Waals surface area contributed by atoms with Crippen LogP contribution in [0.5, 0.6) is 11.8 Å². The molecule has 1 heterocycles. The number of benzene rings is 3. The van der Waals surface area contributed by atoms with E-state index in [0.29, 0.717) is 18.0 Å². The van der Waals surface area contributed by atoms with E-state index in [2.05, 4.69) is 10.1 Å². The molecule has 0 unspecified atom stereocenters. The first-order valence-electron chi connectivity index (χ1n) is 9.48. The maximum absolute atomic E-state index is 13.4. The summed E-state index contributed by atoms with van der Waals surface area (Å²) < 4.78 is 12.1. The van der Waals surface area contributed by atoms with Crippen molar-refractivity contribution in [1.82, 2.24) is 14.8 Å². The Bertz CT molecular complexity index is 1140. The van der Waals surface area contributed by atoms with Gasteiger partial charge in [-0.3, -0.25) is 4.79 Å². The van der Waals surface area contributed by atoms with Crippen LogP contribution in [0.1, 0.15) is 23.7 Å². The maximum Gasteiger partial charge on any atom is 0.336 e. The van der Waals surface area contributed by atoms with E-state index in [9.17, 15) is 4.79 Å². The first-order valence-corrected chi connectivity index (χ1v) is 9.48. The standard InChI is InChI=1S/C23H21N3O3/c1-3-15-29-23-24-21(17-11-13-18(28-2)14-12-17)26(25-23)22(27)20-10-6-8-16-7-4-5-9-19(16)20/h4-14H,3,15H2,1-2H3. The van der Waals surface area contributed by atoms with Crippen LogP contribution < -0.4 is 9.47 Å². The number of nitrogens with zero attached hydrogens (tertiary/aromatic N) is 3. The number of hydrogen-bond acceptors (Lipinski definition) is 5. The van der Waals surface area contributed by atoms with Crippen molar-refractivity contribution in [1.29, 1.82) is 0 Å². The molecular weight excluding hydrogens is 366 g/mol. The van der Waals surface area contributed by atoms with Crippen LogP contribution in [0.3, 0.4) is 0 Å². The fraction of sp³-hybridized carbons (Fsp3) is 0.174. The molecule has 0 aliphatic rings. The van der Waals surface area contributed by atoms with Gasteiger partial charge in [-0.1, -0.05) is 43.3 Å². The van der Waals surface area contributed by atoms with E-state index in [4.69, 9.17) is 9.47 Å². The maximum atomic E-state index is 13.4. The molecule has 0 saturated carbocycles. The highest BCUT2D eigenvalue weighted by atomic mass is 16.5. The van der Waals surface area contributed by atoms with Gasteiger partial charge in [0.2, 0.25) is 0 Å². The van der Waals surface area contributed by atoms with E-state index in [0.717, 1.165) is 28.5 Å². The van der Waals surface area contributed by atoms with Crippen LogP contribution in [0.4, 0.5) is 0 Å². The fourth-order valence-electron chi connectivity index (χ4n) is 3.14. The van der Waals surface area contributed by atoms with Crippen molar-refractivity contribution >= 4 is 16.7 Å². The largest absolute Gasteiger partial charge is 0.497 e. The number of hydrogen-bond donors (Lipinski definition) is 0. The molecule has 0 aliphatic heterocycles. The quantitative estimate of drug-likeness (QED) is 0.484. The zero-order chi connectivity index (χ0) is 20.2. The van der Waals surface area contributed by atoms with Gasteiger partial charge >= 0.3 is 6.01 Å². The summed E-state index contributed by atoms with van der Waals surface area (Å²) in [6.45, 7) is 2.48. The first kappa shape index (κ1) is 18.7. The minimum absolute atomic E-state index is 0.186. The summed E-state index contributed by atoms with van der Waals surface area (Å²) in [5, 5.41) is 6.21. The first-order chi connectivity index (χ1) is 14.2. The van der Waals surface area contributed by atoms with Crippen molar-refractivity contribution in [3.8, 4) is 23.1 Å². The van der Waals surface area contributed by atoms with Gasteiger partial charge in [0.05, 0.1) is 13.7 Å². The van der Waals surface area contributed by atoms with Crippen LogP contribution in [0.15, 0.2) is 66.7 Å². The molecule has 1 aromatic heterocycles. The molecule has 0 atom stereocenters. The molecule has 0 amide bonds. The number of rotatable bonds is 6. The lowest BCUT2D eigenvalue weighted by molar-refractivity contribution is 0.0946. The Balaban J connectivity index is 1.82. The van der Waals surface area contributed by atoms with Crippen LogP contribution in [-0.4, -0.2) is 34.4 Å². The highest BCUT2D eigenvalue weighted by Crippen LogP contribution is 2.26. The molecule has 0 fully saturated rings. The van der Waals surface area contributed by atoms with E-state index in [1.165, 1.54) is 4.68 Å². The summed E-state index contributed by atoms with van der Waals surface area (Å²) in [6.07, 6.45) is 0.823. The summed E-state index contributed by atoms with van der Waals surface area (Å²) in [7, 11) is 1.61. The minimum Gasteiger partial charge on any atom is -0.497 e. The third-order valence-corrected chi connectivity index (χ3v) is 4.58. The molecule has 0 radical (unpaired) electrons. The second-order valence-electron chi connectivity index (χ2n) is 6.54. The lowest BCUT2D eigenvalue weighted by atomic mass is 10.0. The second kappa shape index (κ2) is 8.14. The lowest BCUT2D eigenvalue weighted by Crippen LogP contribution is -2.15. The number of ether oxygens (including phenoxy) is 2. The Morgan fingerprint density at radius 2 is 1.76 bits per heavy atom. The monoisotopic (exact) mass is 387 g/mol. The number of fused-ring (bicyclic) bond motifs is 1. The van der Waals surface area contributed by atoms with Gasteiger partial charge in [0.1, 0.15) is 5.75 Å². The SMILES string of the molecule is CCCOc1nc(-c2ccc(OC)cc2)n(C(=O)c2cccc3ccccc23)n1. The van der Waals surface area contributed by atoms with Crippen LogP contribution >= 0.6 is 0 Å². The molecule has 146 valence electrons. The molecule has 3 aromatic carbocycles. The number of aromatic nitrogens is 3. The van der Waals surface area contributed by atoms with Gasteiger partial charge in [-0.2, -0.15) is 9.67 Å². The molecule has 29 heavy (non-hydrogen) atoms. The van der Waals surface area contributed by atoms with E-state index in [-0.39, 0.29) is 11.9 Å². The van der Waals surface area contributed by atoms with Crippen molar-refractivity contribution in [2.45, 2.75) is 13.3 Å². The number of carbonyl (C=O) groups excluding carboxylic acids is 1. The van der Waals surface area contributed by atoms with Crippen molar-refractivity contribution in [3.05, 3.63) is 72.3 Å². The smallest absolute Gasteiger partial charge is 0.336 e. The molecule has 0 N–H and O–H groups in total. The molecule has 0 saturated heterocycles.